The molecular weight excluding hydrogens is 305 g/mol. The molecule has 0 spiro atoms. The first kappa shape index (κ1) is 16.0. The van der Waals surface area contributed by atoms with Gasteiger partial charge in [-0.15, -0.1) is 0 Å². The van der Waals surface area contributed by atoms with Gasteiger partial charge < -0.3 is 10.6 Å². The maximum Gasteiger partial charge on any atom is 0.227 e. The average Bonchev–Trinajstić information content (AvgIpc) is 3.40. The highest BCUT2D eigenvalue weighted by molar-refractivity contribution is 5.94. The van der Waals surface area contributed by atoms with E-state index in [0.717, 1.165) is 24.1 Å². The molecule has 1 amide bonds. The molecule has 0 aliphatic heterocycles. The van der Waals surface area contributed by atoms with Gasteiger partial charge in [0, 0.05) is 17.6 Å². The van der Waals surface area contributed by atoms with Crippen molar-refractivity contribution < 1.29 is 9.18 Å². The summed E-state index contributed by atoms with van der Waals surface area (Å²) in [5, 5.41) is 15.1. The lowest BCUT2D eigenvalue weighted by Crippen LogP contribution is -2.13. The molecule has 2 aromatic rings. The summed E-state index contributed by atoms with van der Waals surface area (Å²) >= 11 is 0. The van der Waals surface area contributed by atoms with E-state index in [9.17, 15) is 9.18 Å². The van der Waals surface area contributed by atoms with Gasteiger partial charge in [0.25, 0.3) is 0 Å². The third-order valence-corrected chi connectivity index (χ3v) is 4.12. The summed E-state index contributed by atoms with van der Waals surface area (Å²) < 4.78 is 13.6. The third-order valence-electron chi connectivity index (χ3n) is 4.12. The minimum Gasteiger partial charge on any atom is -0.377 e. The van der Waals surface area contributed by atoms with Gasteiger partial charge in [0.1, 0.15) is 17.4 Å². The van der Waals surface area contributed by atoms with Gasteiger partial charge in [-0.1, -0.05) is 18.2 Å². The molecule has 1 aliphatic carbocycles. The van der Waals surface area contributed by atoms with Crippen LogP contribution in [-0.4, -0.2) is 5.91 Å². The fraction of sp³-hybridized carbons (Fsp3) is 0.263. The van der Waals surface area contributed by atoms with Crippen LogP contribution in [0.5, 0.6) is 0 Å². The van der Waals surface area contributed by atoms with Crippen molar-refractivity contribution in [2.24, 2.45) is 5.92 Å². The number of amides is 1. The van der Waals surface area contributed by atoms with Crippen molar-refractivity contribution >= 4 is 17.3 Å². The summed E-state index contributed by atoms with van der Waals surface area (Å²) in [5.74, 6) is -0.289. The van der Waals surface area contributed by atoms with Crippen LogP contribution in [0.15, 0.2) is 42.5 Å². The molecule has 24 heavy (non-hydrogen) atoms. The van der Waals surface area contributed by atoms with Crippen LogP contribution >= 0.6 is 0 Å². The second-order valence-electron chi connectivity index (χ2n) is 6.03. The molecule has 0 unspecified atom stereocenters. The highest BCUT2D eigenvalue weighted by Gasteiger charge is 2.29. The number of rotatable bonds is 5. The highest BCUT2D eigenvalue weighted by atomic mass is 19.1. The zero-order valence-electron chi connectivity index (χ0n) is 13.3. The van der Waals surface area contributed by atoms with E-state index >= 15 is 0 Å². The zero-order valence-corrected chi connectivity index (χ0v) is 13.3. The molecule has 0 saturated heterocycles. The lowest BCUT2D eigenvalue weighted by Gasteiger charge is -2.17. The largest absolute Gasteiger partial charge is 0.377 e. The SMILES string of the molecule is C[C@@H](Nc1cccc(F)c1C#N)c1ccc(NC(=O)C2CC2)cc1. The standard InChI is InChI=1S/C19H18FN3O/c1-12(22-18-4-2-3-17(20)16(18)11-21)13-7-9-15(10-8-13)23-19(24)14-5-6-14/h2-4,7-10,12,14,22H,5-6H2,1H3,(H,23,24)/t12-/m1/s1. The second-order valence-corrected chi connectivity index (χ2v) is 6.03. The Hall–Kier alpha value is -2.87. The van der Waals surface area contributed by atoms with Crippen LogP contribution in [0.4, 0.5) is 15.8 Å². The van der Waals surface area contributed by atoms with Gasteiger partial charge in [-0.2, -0.15) is 5.26 Å². The Morgan fingerprint density at radius 3 is 2.58 bits per heavy atom. The van der Waals surface area contributed by atoms with Gasteiger partial charge in [-0.3, -0.25) is 4.79 Å². The van der Waals surface area contributed by atoms with Crippen LogP contribution < -0.4 is 10.6 Å². The van der Waals surface area contributed by atoms with E-state index in [-0.39, 0.29) is 23.4 Å². The Kier molecular flexibility index (Phi) is 4.48. The number of hydrogen-bond acceptors (Lipinski definition) is 3. The van der Waals surface area contributed by atoms with E-state index in [1.54, 1.807) is 12.1 Å². The molecule has 0 radical (unpaired) electrons. The predicted molar refractivity (Wildman–Crippen MR) is 90.9 cm³/mol. The first-order valence-electron chi connectivity index (χ1n) is 7.94. The number of halogens is 1. The lowest BCUT2D eigenvalue weighted by atomic mass is 10.1. The molecule has 122 valence electrons. The number of benzene rings is 2. The van der Waals surface area contributed by atoms with Crippen LogP contribution in [0.1, 0.15) is 36.9 Å². The van der Waals surface area contributed by atoms with Gasteiger partial charge in [0.15, 0.2) is 0 Å². The monoisotopic (exact) mass is 323 g/mol. The first-order chi connectivity index (χ1) is 11.6. The van der Waals surface area contributed by atoms with Crippen molar-refractivity contribution in [3.63, 3.8) is 0 Å². The average molecular weight is 323 g/mol. The summed E-state index contributed by atoms with van der Waals surface area (Å²) in [5.41, 5.74) is 2.23. The van der Waals surface area contributed by atoms with Crippen LogP contribution in [0.2, 0.25) is 0 Å². The molecule has 1 saturated carbocycles. The van der Waals surface area contributed by atoms with Crippen molar-refractivity contribution in [1.82, 2.24) is 0 Å². The number of nitriles is 1. The first-order valence-corrected chi connectivity index (χ1v) is 7.94. The molecule has 1 aliphatic rings. The Labute approximate surface area is 140 Å². The Morgan fingerprint density at radius 1 is 1.25 bits per heavy atom. The molecule has 2 aromatic carbocycles. The summed E-state index contributed by atoms with van der Waals surface area (Å²) in [6.45, 7) is 1.93. The minimum atomic E-state index is -0.534. The van der Waals surface area contributed by atoms with Crippen LogP contribution in [0.3, 0.4) is 0 Å². The van der Waals surface area contributed by atoms with Gasteiger partial charge >= 0.3 is 0 Å². The van der Waals surface area contributed by atoms with Crippen LogP contribution in [0, 0.1) is 23.1 Å². The number of hydrogen-bond donors (Lipinski definition) is 2. The van der Waals surface area contributed by atoms with Crippen LogP contribution in [-0.2, 0) is 4.79 Å². The summed E-state index contributed by atoms with van der Waals surface area (Å²) in [4.78, 5) is 11.7. The lowest BCUT2D eigenvalue weighted by molar-refractivity contribution is -0.117. The Balaban J connectivity index is 1.69. The molecule has 5 heteroatoms. The molecule has 0 aromatic heterocycles. The molecule has 4 nitrogen and oxygen atoms in total. The molecule has 1 fully saturated rings. The second kappa shape index (κ2) is 6.71. The highest BCUT2D eigenvalue weighted by Crippen LogP contribution is 2.30. The predicted octanol–water partition coefficient (Wildman–Crippen LogP) is 4.22. The van der Waals surface area contributed by atoms with Crippen molar-refractivity contribution in [1.29, 1.82) is 5.26 Å². The van der Waals surface area contributed by atoms with Gasteiger partial charge in [0.2, 0.25) is 5.91 Å². The fourth-order valence-corrected chi connectivity index (χ4v) is 2.52. The normalized spacial score (nSPS) is 14.5. The number of anilines is 2. The number of carbonyl (C=O) groups is 1. The summed E-state index contributed by atoms with van der Waals surface area (Å²) in [6.07, 6.45) is 1.94. The molecular formula is C19H18FN3O. The summed E-state index contributed by atoms with van der Waals surface area (Å²) in [6, 6.07) is 13.8. The molecule has 0 bridgehead atoms. The van der Waals surface area contributed by atoms with Gasteiger partial charge in [-0.25, -0.2) is 4.39 Å². The van der Waals surface area contributed by atoms with E-state index in [2.05, 4.69) is 10.6 Å². The van der Waals surface area contributed by atoms with E-state index in [4.69, 9.17) is 5.26 Å². The third kappa shape index (κ3) is 3.54. The van der Waals surface area contributed by atoms with E-state index in [0.29, 0.717) is 5.69 Å². The quantitative estimate of drug-likeness (QED) is 0.866. The van der Waals surface area contributed by atoms with Gasteiger partial charge in [0.05, 0.1) is 5.69 Å². The van der Waals surface area contributed by atoms with E-state index < -0.39 is 5.82 Å². The fourth-order valence-electron chi connectivity index (χ4n) is 2.52. The maximum absolute atomic E-state index is 13.6. The van der Waals surface area contributed by atoms with Crippen molar-refractivity contribution in [2.75, 3.05) is 10.6 Å². The maximum atomic E-state index is 13.6. The number of nitrogens with zero attached hydrogens (tertiary/aromatic N) is 1. The summed E-state index contributed by atoms with van der Waals surface area (Å²) in [7, 11) is 0. The topological polar surface area (TPSA) is 64.9 Å². The molecule has 2 N–H and O–H groups in total. The molecule has 1 atom stereocenters. The van der Waals surface area contributed by atoms with E-state index in [1.807, 2.05) is 37.3 Å². The van der Waals surface area contributed by atoms with E-state index in [1.165, 1.54) is 6.07 Å². The van der Waals surface area contributed by atoms with Gasteiger partial charge in [-0.05, 0) is 49.6 Å². The minimum absolute atomic E-state index is 0.0117. The van der Waals surface area contributed by atoms with Crippen molar-refractivity contribution in [2.45, 2.75) is 25.8 Å². The smallest absolute Gasteiger partial charge is 0.227 e. The Bertz CT molecular complexity index is 791. The molecule has 3 rings (SSSR count). The van der Waals surface area contributed by atoms with Crippen molar-refractivity contribution in [3.05, 3.63) is 59.4 Å². The molecule has 0 heterocycles. The number of carbonyl (C=O) groups excluding carboxylic acids is 1. The zero-order chi connectivity index (χ0) is 17.1. The van der Waals surface area contributed by atoms with Crippen LogP contribution in [0.25, 0.3) is 0 Å². The Morgan fingerprint density at radius 2 is 1.96 bits per heavy atom. The number of nitrogens with one attached hydrogen (secondary N) is 2. The van der Waals surface area contributed by atoms with Crippen molar-refractivity contribution in [3.8, 4) is 6.07 Å².